The van der Waals surface area contributed by atoms with Crippen molar-refractivity contribution in [3.63, 3.8) is 0 Å². The minimum Gasteiger partial charge on any atom is -0.465 e. The van der Waals surface area contributed by atoms with Crippen LogP contribution in [0.3, 0.4) is 0 Å². The number of hydrogen-bond acceptors (Lipinski definition) is 6. The van der Waals surface area contributed by atoms with Gasteiger partial charge in [-0.1, -0.05) is 6.07 Å². The highest BCUT2D eigenvalue weighted by Gasteiger charge is 2.35. The lowest BCUT2D eigenvalue weighted by Gasteiger charge is -2.41. The van der Waals surface area contributed by atoms with Crippen molar-refractivity contribution in [2.24, 2.45) is 4.99 Å². The molecule has 2 fully saturated rings. The molecule has 8 nitrogen and oxygen atoms in total. The molecule has 1 aromatic rings. The van der Waals surface area contributed by atoms with Crippen molar-refractivity contribution in [1.29, 1.82) is 0 Å². The van der Waals surface area contributed by atoms with Crippen LogP contribution in [0, 0.1) is 5.82 Å². The van der Waals surface area contributed by atoms with Crippen molar-refractivity contribution in [1.82, 2.24) is 20.0 Å². The molecule has 0 aromatic heterocycles. The number of likely N-dealkylation sites (tertiary alicyclic amines) is 1. The number of aliphatic imine (C=N–C) groups is 1. The molecule has 0 aliphatic carbocycles. The van der Waals surface area contributed by atoms with Crippen LogP contribution in [0.15, 0.2) is 28.1 Å². The van der Waals surface area contributed by atoms with Gasteiger partial charge in [-0.25, -0.2) is 9.18 Å². The quantitative estimate of drug-likeness (QED) is 0.576. The van der Waals surface area contributed by atoms with Gasteiger partial charge in [0.1, 0.15) is 5.82 Å². The van der Waals surface area contributed by atoms with E-state index in [4.69, 9.17) is 0 Å². The van der Waals surface area contributed by atoms with Crippen LogP contribution in [-0.4, -0.2) is 89.8 Å². The summed E-state index contributed by atoms with van der Waals surface area (Å²) in [6, 6.07) is 4.16. The summed E-state index contributed by atoms with van der Waals surface area (Å²) in [6.45, 7) is 3.62. The molecule has 1 aromatic carbocycles. The summed E-state index contributed by atoms with van der Waals surface area (Å²) in [7, 11) is 3.96. The van der Waals surface area contributed by atoms with Gasteiger partial charge in [0, 0.05) is 38.8 Å². The second-order valence-corrected chi connectivity index (χ2v) is 9.46. The maximum atomic E-state index is 14.2. The Morgan fingerprint density at radius 1 is 1.26 bits per heavy atom. The highest BCUT2D eigenvalue weighted by molar-refractivity contribution is 8.18. The zero-order valence-corrected chi connectivity index (χ0v) is 21.5. The van der Waals surface area contributed by atoms with Crippen LogP contribution >= 0.6 is 36.6 Å². The second-order valence-electron chi connectivity index (χ2n) is 8.45. The highest BCUT2D eigenvalue weighted by atomic mass is 35.5. The largest absolute Gasteiger partial charge is 0.465 e. The van der Waals surface area contributed by atoms with E-state index in [2.05, 4.69) is 20.1 Å². The number of carbonyl (C=O) groups is 2. The fraction of sp³-hybridized carbons (Fsp3) is 0.500. The fourth-order valence-corrected chi connectivity index (χ4v) is 5.40. The summed E-state index contributed by atoms with van der Waals surface area (Å²) in [5.74, 6) is -0.773. The minimum atomic E-state index is -0.995. The topological polar surface area (TPSA) is 88.5 Å². The van der Waals surface area contributed by atoms with Crippen molar-refractivity contribution >= 4 is 59.8 Å². The predicted molar refractivity (Wildman–Crippen MR) is 138 cm³/mol. The van der Waals surface area contributed by atoms with Gasteiger partial charge in [0.25, 0.3) is 5.91 Å². The van der Waals surface area contributed by atoms with E-state index in [0.717, 1.165) is 32.6 Å². The van der Waals surface area contributed by atoms with Gasteiger partial charge in [-0.05, 0) is 68.0 Å². The van der Waals surface area contributed by atoms with E-state index in [1.807, 2.05) is 14.1 Å². The van der Waals surface area contributed by atoms with Gasteiger partial charge in [0.05, 0.1) is 10.9 Å². The Morgan fingerprint density at radius 2 is 1.97 bits per heavy atom. The summed E-state index contributed by atoms with van der Waals surface area (Å²) >= 11 is 1.29. The molecule has 2 saturated heterocycles. The molecule has 0 radical (unpaired) electrons. The molecule has 3 aliphatic heterocycles. The Morgan fingerprint density at radius 3 is 2.62 bits per heavy atom. The van der Waals surface area contributed by atoms with E-state index in [1.165, 1.54) is 28.8 Å². The van der Waals surface area contributed by atoms with Crippen molar-refractivity contribution in [3.8, 4) is 0 Å². The van der Waals surface area contributed by atoms with Crippen LogP contribution in [0.5, 0.6) is 0 Å². The number of halogens is 3. The number of piperazine rings is 1. The van der Waals surface area contributed by atoms with Gasteiger partial charge in [-0.2, -0.15) is 4.99 Å². The Hall–Kier alpha value is -1.85. The predicted octanol–water partition coefficient (Wildman–Crippen LogP) is 3.29. The van der Waals surface area contributed by atoms with Crippen LogP contribution in [0.4, 0.5) is 9.18 Å². The Bertz CT molecular complexity index is 972. The molecule has 4 rings (SSSR count). The van der Waals surface area contributed by atoms with Crippen LogP contribution < -0.4 is 5.32 Å². The van der Waals surface area contributed by atoms with Crippen LogP contribution in [0.25, 0.3) is 6.08 Å². The molecule has 3 heterocycles. The lowest BCUT2D eigenvalue weighted by molar-refractivity contribution is -0.113. The van der Waals surface area contributed by atoms with Gasteiger partial charge >= 0.3 is 6.09 Å². The summed E-state index contributed by atoms with van der Waals surface area (Å²) in [6.07, 6.45) is 2.00. The van der Waals surface area contributed by atoms with Crippen molar-refractivity contribution in [2.45, 2.75) is 24.9 Å². The third-order valence-electron chi connectivity index (χ3n) is 6.24. The standard InChI is InChI=1S/C22H28FN5O3S.2ClH/c1-26(2)16-5-8-28(22(30)31)18(13-16)17-4-3-15(23)11-14(17)12-19-20(29)25-21(32-19)27-9-6-24-7-10-27;;/h3-4,11-12,16,18,24H,5-10,13H2,1-2H3,(H,30,31);2*1H. The number of amidine groups is 1. The summed E-state index contributed by atoms with van der Waals surface area (Å²) in [5, 5.41) is 13.7. The zero-order chi connectivity index (χ0) is 22.8. The van der Waals surface area contributed by atoms with E-state index >= 15 is 0 Å². The number of rotatable bonds is 3. The molecule has 12 heteroatoms. The summed E-state index contributed by atoms with van der Waals surface area (Å²) < 4.78 is 14.2. The first-order chi connectivity index (χ1) is 15.3. The molecule has 2 N–H and O–H groups in total. The first-order valence-electron chi connectivity index (χ1n) is 10.8. The smallest absolute Gasteiger partial charge is 0.407 e. The zero-order valence-electron chi connectivity index (χ0n) is 19.1. The Balaban J connectivity index is 0.00000204. The highest BCUT2D eigenvalue weighted by Crippen LogP contribution is 2.37. The maximum Gasteiger partial charge on any atom is 0.407 e. The average molecular weight is 534 g/mol. The van der Waals surface area contributed by atoms with Gasteiger partial charge in [-0.3, -0.25) is 4.79 Å². The van der Waals surface area contributed by atoms with Crippen molar-refractivity contribution < 1.29 is 19.1 Å². The van der Waals surface area contributed by atoms with Crippen LogP contribution in [0.2, 0.25) is 0 Å². The van der Waals surface area contributed by atoms with E-state index in [0.29, 0.717) is 34.2 Å². The number of amides is 2. The maximum absolute atomic E-state index is 14.2. The summed E-state index contributed by atoms with van der Waals surface area (Å²) in [4.78, 5) is 34.7. The van der Waals surface area contributed by atoms with Gasteiger partial charge in [0.2, 0.25) is 0 Å². The molecule has 34 heavy (non-hydrogen) atoms. The van der Waals surface area contributed by atoms with Crippen molar-refractivity contribution in [3.05, 3.63) is 40.0 Å². The number of carboxylic acid groups (broad SMARTS) is 1. The van der Waals surface area contributed by atoms with Gasteiger partial charge in [0.15, 0.2) is 5.17 Å². The lowest BCUT2D eigenvalue weighted by Crippen LogP contribution is -2.46. The number of nitrogens with zero attached hydrogens (tertiary/aromatic N) is 4. The molecule has 188 valence electrons. The normalized spacial score (nSPS) is 24.1. The van der Waals surface area contributed by atoms with E-state index < -0.39 is 18.0 Å². The molecule has 3 aliphatic rings. The lowest BCUT2D eigenvalue weighted by atomic mass is 9.88. The summed E-state index contributed by atoms with van der Waals surface area (Å²) in [5.41, 5.74) is 1.23. The molecule has 2 amide bonds. The third-order valence-corrected chi connectivity index (χ3v) is 7.29. The number of benzene rings is 1. The average Bonchev–Trinajstić information content (AvgIpc) is 3.14. The van der Waals surface area contributed by atoms with Crippen LogP contribution in [-0.2, 0) is 4.79 Å². The molecular formula is C22H30Cl2FN5O3S. The van der Waals surface area contributed by atoms with E-state index in [9.17, 15) is 19.1 Å². The van der Waals surface area contributed by atoms with Crippen molar-refractivity contribution in [2.75, 3.05) is 46.8 Å². The Labute approximate surface area is 215 Å². The molecular weight excluding hydrogens is 504 g/mol. The third kappa shape index (κ3) is 6.23. The number of hydrogen-bond donors (Lipinski definition) is 2. The minimum absolute atomic E-state index is 0. The molecule has 0 bridgehead atoms. The van der Waals surface area contributed by atoms with Crippen LogP contribution in [0.1, 0.15) is 30.0 Å². The second kappa shape index (κ2) is 12.2. The van der Waals surface area contributed by atoms with Gasteiger partial charge < -0.3 is 25.1 Å². The van der Waals surface area contributed by atoms with Gasteiger partial charge in [-0.15, -0.1) is 24.8 Å². The van der Waals surface area contributed by atoms with E-state index in [1.54, 1.807) is 12.1 Å². The number of thioether (sulfide) groups is 1. The number of piperidine rings is 1. The monoisotopic (exact) mass is 533 g/mol. The molecule has 2 atom stereocenters. The molecule has 0 saturated carbocycles. The first kappa shape index (κ1) is 28.4. The number of nitrogens with one attached hydrogen (secondary N) is 1. The molecule has 2 unspecified atom stereocenters. The molecule has 0 spiro atoms. The SMILES string of the molecule is CN(C)C1CCN(C(=O)O)C(c2ccc(F)cc2C=C2SC(N3CCNCC3)=NC2=O)C1.Cl.Cl. The Kier molecular flexibility index (Phi) is 10.2. The van der Waals surface area contributed by atoms with E-state index in [-0.39, 0.29) is 36.8 Å². The number of carbonyl (C=O) groups excluding carboxylic acids is 1. The fourth-order valence-electron chi connectivity index (χ4n) is 4.44. The first-order valence-corrected chi connectivity index (χ1v) is 11.6.